The van der Waals surface area contributed by atoms with E-state index in [1.165, 1.54) is 0 Å². The summed E-state index contributed by atoms with van der Waals surface area (Å²) in [6.45, 7) is 18.2. The lowest BCUT2D eigenvalue weighted by atomic mass is 9.42. The van der Waals surface area contributed by atoms with Gasteiger partial charge in [-0.3, -0.25) is 9.59 Å². The van der Waals surface area contributed by atoms with Gasteiger partial charge in [0.2, 0.25) is 6.29 Å². The van der Waals surface area contributed by atoms with Gasteiger partial charge < -0.3 is 19.7 Å². The number of hydrogen-bond donors (Lipinski definition) is 2. The van der Waals surface area contributed by atoms with Crippen LogP contribution in [0, 0.1) is 23.2 Å². The van der Waals surface area contributed by atoms with Crippen molar-refractivity contribution in [3.05, 3.63) is 80.4 Å². The number of benzene rings is 2. The number of rotatable bonds is 7. The maximum absolute atomic E-state index is 14.8. The number of aliphatic hydroxyl groups excluding tert-OH is 2. The number of carbonyl (C=O) groups excluding carboxylic acids is 2. The second kappa shape index (κ2) is 11.0. The number of ketones is 2. The summed E-state index contributed by atoms with van der Waals surface area (Å²) in [7, 11) is 1.60. The van der Waals surface area contributed by atoms with E-state index in [-0.39, 0.29) is 29.3 Å². The molecule has 236 valence electrons. The van der Waals surface area contributed by atoms with Crippen molar-refractivity contribution in [1.29, 1.82) is 0 Å². The summed E-state index contributed by atoms with van der Waals surface area (Å²) < 4.78 is 11.1. The molecule has 0 saturated carbocycles. The van der Waals surface area contributed by atoms with E-state index in [2.05, 4.69) is 33.8 Å². The summed E-state index contributed by atoms with van der Waals surface area (Å²) in [6, 6.07) is 9.22. The predicted octanol–water partition coefficient (Wildman–Crippen LogP) is 7.21. The summed E-state index contributed by atoms with van der Waals surface area (Å²) >= 11 is 0. The molecule has 0 radical (unpaired) electrons. The summed E-state index contributed by atoms with van der Waals surface area (Å²) in [5, 5.41) is 21.6. The van der Waals surface area contributed by atoms with Crippen molar-refractivity contribution >= 4 is 11.6 Å². The SMILES string of the molecule is COc1ccc(OC(O)Cc2cc(C(C)C)c3c(c2C)C(=O)C2=C(C)C4(C)C(=O)C(C(C)O)=C(C)CC4(C)CC2(C)C3)cc1. The van der Waals surface area contributed by atoms with Gasteiger partial charge in [-0.15, -0.1) is 0 Å². The first-order valence-corrected chi connectivity index (χ1v) is 15.8. The highest BCUT2D eigenvalue weighted by molar-refractivity contribution is 6.15. The Morgan fingerprint density at radius 3 is 2.11 bits per heavy atom. The second-order valence-corrected chi connectivity index (χ2v) is 14.5. The van der Waals surface area contributed by atoms with Crippen molar-refractivity contribution in [1.82, 2.24) is 0 Å². The Morgan fingerprint density at radius 1 is 0.932 bits per heavy atom. The van der Waals surface area contributed by atoms with E-state index in [0.29, 0.717) is 41.9 Å². The molecular formula is C38H48O6. The van der Waals surface area contributed by atoms with Gasteiger partial charge in [-0.05, 0) is 112 Å². The van der Waals surface area contributed by atoms with Crippen LogP contribution in [-0.2, 0) is 17.6 Å². The molecule has 0 saturated heterocycles. The van der Waals surface area contributed by atoms with Crippen LogP contribution in [0.5, 0.6) is 11.5 Å². The summed E-state index contributed by atoms with van der Waals surface area (Å²) in [4.78, 5) is 29.1. The van der Waals surface area contributed by atoms with Gasteiger partial charge in [0, 0.05) is 28.5 Å². The molecular weight excluding hydrogens is 552 g/mol. The van der Waals surface area contributed by atoms with Gasteiger partial charge in [0.05, 0.1) is 18.6 Å². The van der Waals surface area contributed by atoms with Gasteiger partial charge in [-0.2, -0.15) is 0 Å². The van der Waals surface area contributed by atoms with Crippen molar-refractivity contribution in [3.63, 3.8) is 0 Å². The molecule has 0 heterocycles. The molecule has 0 bridgehead atoms. The Bertz CT molecular complexity index is 1590. The average molecular weight is 601 g/mol. The first-order chi connectivity index (χ1) is 20.5. The van der Waals surface area contributed by atoms with Crippen LogP contribution in [0.25, 0.3) is 0 Å². The Balaban J connectivity index is 1.61. The van der Waals surface area contributed by atoms with Crippen LogP contribution in [0.3, 0.4) is 0 Å². The topological polar surface area (TPSA) is 93.1 Å². The average Bonchev–Trinajstić information content (AvgIpc) is 2.92. The molecule has 5 unspecified atom stereocenters. The molecule has 3 aliphatic carbocycles. The molecule has 0 amide bonds. The Labute approximate surface area is 262 Å². The van der Waals surface area contributed by atoms with Crippen LogP contribution >= 0.6 is 0 Å². The highest BCUT2D eigenvalue weighted by atomic mass is 16.6. The normalized spacial score (nSPS) is 28.0. The fraction of sp³-hybridized carbons (Fsp3) is 0.526. The first kappa shape index (κ1) is 32.2. The molecule has 2 aromatic carbocycles. The lowest BCUT2D eigenvalue weighted by Gasteiger charge is -2.59. The lowest BCUT2D eigenvalue weighted by Crippen LogP contribution is -2.57. The largest absolute Gasteiger partial charge is 0.497 e. The molecule has 2 N–H and O–H groups in total. The Morgan fingerprint density at radius 2 is 1.55 bits per heavy atom. The second-order valence-electron chi connectivity index (χ2n) is 14.5. The maximum atomic E-state index is 14.8. The van der Waals surface area contributed by atoms with Gasteiger partial charge in [0.1, 0.15) is 11.5 Å². The van der Waals surface area contributed by atoms with Crippen molar-refractivity contribution in [2.24, 2.45) is 16.2 Å². The molecule has 6 nitrogen and oxygen atoms in total. The van der Waals surface area contributed by atoms with Crippen LogP contribution in [0.15, 0.2) is 52.6 Å². The zero-order chi connectivity index (χ0) is 32.5. The smallest absolute Gasteiger partial charge is 0.201 e. The van der Waals surface area contributed by atoms with E-state index in [0.717, 1.165) is 39.0 Å². The minimum atomic E-state index is -1.10. The van der Waals surface area contributed by atoms with Crippen LogP contribution < -0.4 is 9.47 Å². The Hall–Kier alpha value is -3.22. The number of methoxy groups -OCH3 is 1. The molecule has 6 heteroatoms. The fourth-order valence-electron chi connectivity index (χ4n) is 8.95. The van der Waals surface area contributed by atoms with Gasteiger partial charge in [0.25, 0.3) is 0 Å². The monoisotopic (exact) mass is 600 g/mol. The minimum absolute atomic E-state index is 0.0148. The van der Waals surface area contributed by atoms with Gasteiger partial charge in [-0.1, -0.05) is 44.9 Å². The van der Waals surface area contributed by atoms with Crippen LogP contribution in [-0.4, -0.2) is 41.3 Å². The molecule has 0 aliphatic heterocycles. The van der Waals surface area contributed by atoms with E-state index < -0.39 is 23.2 Å². The number of ether oxygens (including phenoxy) is 2. The lowest BCUT2D eigenvalue weighted by molar-refractivity contribution is -0.133. The third-order valence-electron chi connectivity index (χ3n) is 11.2. The zero-order valence-electron chi connectivity index (χ0n) is 28.0. The quantitative estimate of drug-likeness (QED) is 0.326. The number of hydrogen-bond acceptors (Lipinski definition) is 6. The fourth-order valence-corrected chi connectivity index (χ4v) is 8.95. The molecule has 5 atom stereocenters. The number of carbonyl (C=O) groups is 2. The third-order valence-corrected chi connectivity index (χ3v) is 11.2. The van der Waals surface area contributed by atoms with E-state index in [9.17, 15) is 19.8 Å². The zero-order valence-corrected chi connectivity index (χ0v) is 28.0. The molecule has 3 aliphatic rings. The van der Waals surface area contributed by atoms with Crippen LogP contribution in [0.1, 0.15) is 107 Å². The summed E-state index contributed by atoms with van der Waals surface area (Å²) in [5.74, 6) is 1.33. The molecule has 2 aromatic rings. The molecule has 5 rings (SSSR count). The van der Waals surface area contributed by atoms with Gasteiger partial charge in [0.15, 0.2) is 11.6 Å². The maximum Gasteiger partial charge on any atom is 0.201 e. The van der Waals surface area contributed by atoms with Crippen molar-refractivity contribution < 1.29 is 29.3 Å². The van der Waals surface area contributed by atoms with E-state index in [1.807, 2.05) is 27.7 Å². The number of allylic oxidation sites excluding steroid dienone is 3. The standard InChI is InChI=1S/C38H48O6/c1-20(2)28-15-25(16-30(40)44-27-13-11-26(43-10)12-14-27)22(4)32-29(28)18-36(7)19-37(8)17-21(3)31(24(6)39)35(42)38(37,9)23(5)33(36)34(32)41/h11-15,20,24,30,39-40H,16-19H2,1-10H3. The van der Waals surface area contributed by atoms with E-state index >= 15 is 0 Å². The van der Waals surface area contributed by atoms with Gasteiger partial charge >= 0.3 is 0 Å². The highest BCUT2D eigenvalue weighted by Gasteiger charge is 2.63. The van der Waals surface area contributed by atoms with Gasteiger partial charge in [-0.25, -0.2) is 0 Å². The van der Waals surface area contributed by atoms with E-state index in [4.69, 9.17) is 9.47 Å². The molecule has 0 spiro atoms. The summed E-state index contributed by atoms with van der Waals surface area (Å²) in [5.41, 5.74) is 5.94. The minimum Gasteiger partial charge on any atom is -0.497 e. The van der Waals surface area contributed by atoms with Crippen LogP contribution in [0.2, 0.25) is 0 Å². The van der Waals surface area contributed by atoms with E-state index in [1.54, 1.807) is 38.3 Å². The van der Waals surface area contributed by atoms with Crippen LogP contribution in [0.4, 0.5) is 0 Å². The molecule has 44 heavy (non-hydrogen) atoms. The predicted molar refractivity (Wildman–Crippen MR) is 172 cm³/mol. The van der Waals surface area contributed by atoms with Crippen molar-refractivity contribution in [2.75, 3.05) is 7.11 Å². The third kappa shape index (κ3) is 4.76. The summed E-state index contributed by atoms with van der Waals surface area (Å²) in [6.07, 6.45) is 0.390. The molecule has 0 fully saturated rings. The molecule has 0 aromatic heterocycles. The van der Waals surface area contributed by atoms with Crippen molar-refractivity contribution in [2.45, 2.75) is 106 Å². The number of Topliss-reactive ketones (excluding diaryl/α,β-unsaturated/α-hetero) is 2. The van der Waals surface area contributed by atoms with Crippen molar-refractivity contribution in [3.8, 4) is 11.5 Å². The highest BCUT2D eigenvalue weighted by Crippen LogP contribution is 2.66. The Kier molecular flexibility index (Phi) is 8.04. The first-order valence-electron chi connectivity index (χ1n) is 15.8. The number of fused-ring (bicyclic) bond motifs is 3. The number of aliphatic hydroxyl groups is 2.